The molecule has 2 rings (SSSR count). The molecule has 0 aliphatic carbocycles. The molecule has 0 radical (unpaired) electrons. The molecule has 19 heavy (non-hydrogen) atoms. The van der Waals surface area contributed by atoms with Crippen LogP contribution in [0.3, 0.4) is 0 Å². The number of fused-ring (bicyclic) bond motifs is 1. The first-order valence-electron chi connectivity index (χ1n) is 6.59. The molecule has 2 aromatic rings. The average Bonchev–Trinajstić information content (AvgIpc) is 2.67. The number of halogens is 2. The van der Waals surface area contributed by atoms with Gasteiger partial charge in [-0.25, -0.2) is 9.97 Å². The second kappa shape index (κ2) is 5.80. The van der Waals surface area contributed by atoms with Crippen molar-refractivity contribution in [2.45, 2.75) is 45.6 Å². The molecular weight excluding hydrogens is 326 g/mol. The topological polar surface area (TPSA) is 30.7 Å². The largest absolute Gasteiger partial charge is 0.307 e. The van der Waals surface area contributed by atoms with Gasteiger partial charge in [0.25, 0.3) is 0 Å². The Morgan fingerprint density at radius 1 is 1.42 bits per heavy atom. The first-order chi connectivity index (χ1) is 8.99. The Hall–Kier alpha value is -0.610. The predicted octanol–water partition coefficient (Wildman–Crippen LogP) is 4.51. The molecule has 0 saturated carbocycles. The molecule has 0 aromatic carbocycles. The lowest BCUT2D eigenvalue weighted by atomic mass is 9.98. The zero-order valence-corrected chi connectivity index (χ0v) is 13.9. The van der Waals surface area contributed by atoms with E-state index in [0.29, 0.717) is 5.88 Å². The molecule has 0 fully saturated rings. The van der Waals surface area contributed by atoms with E-state index in [0.717, 1.165) is 40.7 Å². The van der Waals surface area contributed by atoms with Crippen LogP contribution in [0, 0.1) is 0 Å². The Kier molecular flexibility index (Phi) is 4.51. The van der Waals surface area contributed by atoms with Gasteiger partial charge in [0.15, 0.2) is 5.65 Å². The van der Waals surface area contributed by atoms with Gasteiger partial charge in [-0.2, -0.15) is 0 Å². The summed E-state index contributed by atoms with van der Waals surface area (Å²) in [6.07, 6.45) is 4.81. The summed E-state index contributed by atoms with van der Waals surface area (Å²) in [5, 5.41) is 0. The lowest BCUT2D eigenvalue weighted by Gasteiger charge is -2.28. The monoisotopic (exact) mass is 343 g/mol. The normalized spacial score (nSPS) is 12.3. The molecule has 0 amide bonds. The van der Waals surface area contributed by atoms with Crippen molar-refractivity contribution < 1.29 is 0 Å². The highest BCUT2D eigenvalue weighted by molar-refractivity contribution is 9.10. The van der Waals surface area contributed by atoms with Gasteiger partial charge in [0.2, 0.25) is 0 Å². The molecule has 2 aromatic heterocycles. The highest BCUT2D eigenvalue weighted by Crippen LogP contribution is 2.29. The number of pyridine rings is 1. The van der Waals surface area contributed by atoms with Crippen molar-refractivity contribution in [3.8, 4) is 0 Å². The zero-order valence-electron chi connectivity index (χ0n) is 11.6. The fraction of sp³-hybridized carbons (Fsp3) is 0.571. The molecule has 0 N–H and O–H groups in total. The van der Waals surface area contributed by atoms with Crippen molar-refractivity contribution >= 4 is 38.7 Å². The molecule has 5 heteroatoms. The van der Waals surface area contributed by atoms with Gasteiger partial charge in [-0.3, -0.25) is 0 Å². The average molecular weight is 345 g/mol. The van der Waals surface area contributed by atoms with E-state index in [-0.39, 0.29) is 5.54 Å². The fourth-order valence-corrected chi connectivity index (χ4v) is 3.09. The molecule has 2 heterocycles. The van der Waals surface area contributed by atoms with Gasteiger partial charge in [-0.05, 0) is 42.3 Å². The minimum atomic E-state index is 0.00568. The Bertz CT molecular complexity index is 577. The SMILES string of the molecule is CCCC(C)(C)n1c(CCCl)nc2cc(Br)cnc21. The summed E-state index contributed by atoms with van der Waals surface area (Å²) >= 11 is 9.36. The number of aromatic nitrogens is 3. The summed E-state index contributed by atoms with van der Waals surface area (Å²) in [6, 6.07) is 2.01. The summed E-state index contributed by atoms with van der Waals surface area (Å²) in [6.45, 7) is 6.67. The third-order valence-electron chi connectivity index (χ3n) is 3.32. The number of hydrogen-bond acceptors (Lipinski definition) is 2. The minimum absolute atomic E-state index is 0.00568. The van der Waals surface area contributed by atoms with Crippen LogP contribution in [-0.4, -0.2) is 20.4 Å². The lowest BCUT2D eigenvalue weighted by molar-refractivity contribution is 0.322. The van der Waals surface area contributed by atoms with Gasteiger partial charge < -0.3 is 4.57 Å². The van der Waals surface area contributed by atoms with E-state index in [1.165, 1.54) is 0 Å². The van der Waals surface area contributed by atoms with Gasteiger partial charge in [-0.1, -0.05) is 13.3 Å². The fourth-order valence-electron chi connectivity index (χ4n) is 2.60. The second-order valence-electron chi connectivity index (χ2n) is 5.36. The van der Waals surface area contributed by atoms with Crippen molar-refractivity contribution in [3.05, 3.63) is 22.6 Å². The van der Waals surface area contributed by atoms with E-state index >= 15 is 0 Å². The Morgan fingerprint density at radius 2 is 2.16 bits per heavy atom. The molecule has 0 spiro atoms. The van der Waals surface area contributed by atoms with E-state index in [1.54, 1.807) is 0 Å². The summed E-state index contributed by atoms with van der Waals surface area (Å²) < 4.78 is 3.20. The Balaban J connectivity index is 2.64. The predicted molar refractivity (Wildman–Crippen MR) is 83.9 cm³/mol. The van der Waals surface area contributed by atoms with Crippen LogP contribution >= 0.6 is 27.5 Å². The maximum atomic E-state index is 5.91. The van der Waals surface area contributed by atoms with Gasteiger partial charge in [0.05, 0.1) is 0 Å². The van der Waals surface area contributed by atoms with Gasteiger partial charge in [-0.15, -0.1) is 11.6 Å². The second-order valence-corrected chi connectivity index (χ2v) is 6.65. The number of aryl methyl sites for hydroxylation is 1. The van der Waals surface area contributed by atoms with Crippen molar-refractivity contribution in [1.82, 2.24) is 14.5 Å². The number of hydrogen-bond donors (Lipinski definition) is 0. The molecule has 0 aliphatic heterocycles. The van der Waals surface area contributed by atoms with E-state index in [2.05, 4.69) is 46.3 Å². The van der Waals surface area contributed by atoms with Gasteiger partial charge in [0.1, 0.15) is 11.3 Å². The van der Waals surface area contributed by atoms with E-state index in [4.69, 9.17) is 16.6 Å². The molecule has 3 nitrogen and oxygen atoms in total. The van der Waals surface area contributed by atoms with Crippen LogP contribution in [0.4, 0.5) is 0 Å². The van der Waals surface area contributed by atoms with Crippen LogP contribution < -0.4 is 0 Å². The molecule has 0 saturated heterocycles. The van der Waals surface area contributed by atoms with Crippen molar-refractivity contribution in [1.29, 1.82) is 0 Å². The van der Waals surface area contributed by atoms with Crippen LogP contribution in [-0.2, 0) is 12.0 Å². The van der Waals surface area contributed by atoms with Gasteiger partial charge >= 0.3 is 0 Å². The maximum Gasteiger partial charge on any atom is 0.160 e. The summed E-state index contributed by atoms with van der Waals surface area (Å²) in [4.78, 5) is 9.24. The van der Waals surface area contributed by atoms with Crippen LogP contribution in [0.15, 0.2) is 16.7 Å². The van der Waals surface area contributed by atoms with E-state index in [1.807, 2.05) is 12.3 Å². The zero-order chi connectivity index (χ0) is 14.0. The minimum Gasteiger partial charge on any atom is -0.307 e. The number of rotatable bonds is 5. The molecule has 0 atom stereocenters. The van der Waals surface area contributed by atoms with Crippen LogP contribution in [0.5, 0.6) is 0 Å². The van der Waals surface area contributed by atoms with Crippen LogP contribution in [0.1, 0.15) is 39.4 Å². The summed E-state index contributed by atoms with van der Waals surface area (Å²) in [5.74, 6) is 1.60. The van der Waals surface area contributed by atoms with Crippen molar-refractivity contribution in [2.75, 3.05) is 5.88 Å². The lowest BCUT2D eigenvalue weighted by Crippen LogP contribution is -2.28. The standard InChI is InChI=1S/C14H19BrClN3/c1-4-6-14(2,3)19-12(5-7-16)18-11-8-10(15)9-17-13(11)19/h8-9H,4-7H2,1-3H3. The third kappa shape index (κ3) is 2.95. The summed E-state index contributed by atoms with van der Waals surface area (Å²) in [5.41, 5.74) is 1.88. The number of nitrogens with zero attached hydrogens (tertiary/aromatic N) is 3. The maximum absolute atomic E-state index is 5.91. The highest BCUT2D eigenvalue weighted by Gasteiger charge is 2.25. The van der Waals surface area contributed by atoms with Crippen molar-refractivity contribution in [3.63, 3.8) is 0 Å². The third-order valence-corrected chi connectivity index (χ3v) is 3.94. The molecule has 0 bridgehead atoms. The van der Waals surface area contributed by atoms with Crippen LogP contribution in [0.2, 0.25) is 0 Å². The van der Waals surface area contributed by atoms with E-state index < -0.39 is 0 Å². The van der Waals surface area contributed by atoms with Gasteiger partial charge in [0, 0.05) is 28.5 Å². The molecular formula is C14H19BrClN3. The Morgan fingerprint density at radius 3 is 2.79 bits per heavy atom. The number of imidazole rings is 1. The highest BCUT2D eigenvalue weighted by atomic mass is 79.9. The molecule has 104 valence electrons. The number of alkyl halides is 1. The Labute approximate surface area is 127 Å². The molecule has 0 aliphatic rings. The quantitative estimate of drug-likeness (QED) is 0.747. The summed E-state index contributed by atoms with van der Waals surface area (Å²) in [7, 11) is 0. The molecule has 0 unspecified atom stereocenters. The first-order valence-corrected chi connectivity index (χ1v) is 7.91. The van der Waals surface area contributed by atoms with Crippen LogP contribution in [0.25, 0.3) is 11.2 Å². The smallest absolute Gasteiger partial charge is 0.160 e. The van der Waals surface area contributed by atoms with E-state index in [9.17, 15) is 0 Å². The first kappa shape index (κ1) is 14.8. The van der Waals surface area contributed by atoms with Crippen molar-refractivity contribution in [2.24, 2.45) is 0 Å².